The second-order valence-electron chi connectivity index (χ2n) is 6.04. The highest BCUT2D eigenvalue weighted by atomic mass is 16.6. The molecule has 0 amide bonds. The number of furan rings is 1. The number of hydrogen-bond donors (Lipinski definition) is 1. The van der Waals surface area contributed by atoms with Gasteiger partial charge in [-0.2, -0.15) is 0 Å². The van der Waals surface area contributed by atoms with Crippen LogP contribution in [0, 0.1) is 10.1 Å². The van der Waals surface area contributed by atoms with Gasteiger partial charge in [0, 0.05) is 24.4 Å². The number of esters is 1. The van der Waals surface area contributed by atoms with E-state index in [1.54, 1.807) is 36.4 Å². The first-order chi connectivity index (χ1) is 13.5. The number of nitrogens with one attached hydrogen (secondary N) is 1. The number of fused-ring (bicyclic) bond motifs is 1. The molecule has 0 aliphatic heterocycles. The van der Waals surface area contributed by atoms with Crippen LogP contribution in [0.25, 0.3) is 11.0 Å². The van der Waals surface area contributed by atoms with Crippen LogP contribution in [0.3, 0.4) is 0 Å². The standard InChI is InChI=1S/C20H18N2O6/c23-17(19-12-14-6-1-4-9-18(14)28-19)13-27-20(24)10-5-11-21-15-7-2-3-8-16(15)22(25)26/h1-4,6-9,12,21H,5,10-11,13H2. The number of hydrogen-bond acceptors (Lipinski definition) is 7. The summed E-state index contributed by atoms with van der Waals surface area (Å²) < 4.78 is 10.4. The van der Waals surface area contributed by atoms with Gasteiger partial charge in [-0.1, -0.05) is 30.3 Å². The van der Waals surface area contributed by atoms with Crippen LogP contribution in [0.15, 0.2) is 59.0 Å². The van der Waals surface area contributed by atoms with E-state index in [0.717, 1.165) is 5.39 Å². The molecule has 0 aliphatic rings. The number of ether oxygens (including phenoxy) is 1. The number of rotatable bonds is 9. The lowest BCUT2D eigenvalue weighted by Crippen LogP contribution is -2.14. The summed E-state index contributed by atoms with van der Waals surface area (Å²) in [6.45, 7) is -0.0340. The minimum absolute atomic E-state index is 0.0264. The van der Waals surface area contributed by atoms with Crippen molar-refractivity contribution in [2.24, 2.45) is 0 Å². The number of para-hydroxylation sites is 3. The molecular formula is C20H18N2O6. The Hall–Kier alpha value is -3.68. The molecule has 8 heteroatoms. The molecule has 144 valence electrons. The lowest BCUT2D eigenvalue weighted by molar-refractivity contribution is -0.384. The first-order valence-corrected chi connectivity index (χ1v) is 8.69. The number of ketones is 1. The van der Waals surface area contributed by atoms with Crippen molar-refractivity contribution in [3.8, 4) is 0 Å². The SMILES string of the molecule is O=C(CCCNc1ccccc1[N+](=O)[O-])OCC(=O)c1cc2ccccc2o1. The van der Waals surface area contributed by atoms with Gasteiger partial charge in [0.2, 0.25) is 5.78 Å². The van der Waals surface area contributed by atoms with Gasteiger partial charge in [-0.05, 0) is 24.6 Å². The predicted molar refractivity (Wildman–Crippen MR) is 102 cm³/mol. The Morgan fingerprint density at radius 2 is 1.86 bits per heavy atom. The minimum atomic E-state index is -0.520. The van der Waals surface area contributed by atoms with Gasteiger partial charge in [0.15, 0.2) is 12.4 Å². The van der Waals surface area contributed by atoms with Crippen LogP contribution in [0.5, 0.6) is 0 Å². The van der Waals surface area contributed by atoms with E-state index in [-0.39, 0.29) is 17.9 Å². The van der Waals surface area contributed by atoms with E-state index in [1.165, 1.54) is 6.07 Å². The lowest BCUT2D eigenvalue weighted by atomic mass is 10.2. The molecule has 3 rings (SSSR count). The van der Waals surface area contributed by atoms with Gasteiger partial charge in [-0.25, -0.2) is 0 Å². The van der Waals surface area contributed by atoms with Crippen LogP contribution < -0.4 is 5.32 Å². The van der Waals surface area contributed by atoms with Crippen molar-refractivity contribution in [2.75, 3.05) is 18.5 Å². The number of anilines is 1. The molecule has 1 heterocycles. The molecule has 0 fully saturated rings. The summed E-state index contributed by atoms with van der Waals surface area (Å²) in [6.07, 6.45) is 0.491. The molecule has 0 spiro atoms. The molecule has 0 unspecified atom stereocenters. The molecule has 1 N–H and O–H groups in total. The smallest absolute Gasteiger partial charge is 0.306 e. The molecule has 1 aromatic heterocycles. The van der Waals surface area contributed by atoms with Gasteiger partial charge in [0.1, 0.15) is 11.3 Å². The fourth-order valence-electron chi connectivity index (χ4n) is 2.65. The Morgan fingerprint density at radius 3 is 2.64 bits per heavy atom. The van der Waals surface area contributed by atoms with Gasteiger partial charge < -0.3 is 14.5 Å². The van der Waals surface area contributed by atoms with Crippen molar-refractivity contribution >= 4 is 34.1 Å². The van der Waals surface area contributed by atoms with Gasteiger partial charge in [-0.3, -0.25) is 19.7 Å². The van der Waals surface area contributed by atoms with E-state index < -0.39 is 23.3 Å². The molecule has 3 aromatic rings. The normalized spacial score (nSPS) is 10.6. The summed E-state index contributed by atoms with van der Waals surface area (Å²) in [6, 6.07) is 15.1. The Balaban J connectivity index is 1.41. The molecular weight excluding hydrogens is 364 g/mol. The zero-order valence-corrected chi connectivity index (χ0v) is 14.9. The summed E-state index contributed by atoms with van der Waals surface area (Å²) in [5.74, 6) is -0.788. The topological polar surface area (TPSA) is 112 Å². The zero-order valence-electron chi connectivity index (χ0n) is 14.9. The van der Waals surface area contributed by atoms with Crippen LogP contribution in [0.1, 0.15) is 23.4 Å². The zero-order chi connectivity index (χ0) is 19.9. The van der Waals surface area contributed by atoms with Crippen molar-refractivity contribution in [1.82, 2.24) is 0 Å². The average Bonchev–Trinajstić information content (AvgIpc) is 3.14. The second kappa shape index (κ2) is 8.81. The average molecular weight is 382 g/mol. The van der Waals surface area contributed by atoms with E-state index >= 15 is 0 Å². The monoisotopic (exact) mass is 382 g/mol. The Labute approximate surface area is 160 Å². The Bertz CT molecular complexity index is 978. The van der Waals surface area contributed by atoms with E-state index in [1.807, 2.05) is 12.1 Å². The van der Waals surface area contributed by atoms with Gasteiger partial charge in [0.25, 0.3) is 5.69 Å². The third-order valence-corrected chi connectivity index (χ3v) is 4.04. The highest BCUT2D eigenvalue weighted by Crippen LogP contribution is 2.23. The van der Waals surface area contributed by atoms with Crippen molar-refractivity contribution in [3.63, 3.8) is 0 Å². The van der Waals surface area contributed by atoms with Crippen molar-refractivity contribution in [1.29, 1.82) is 0 Å². The molecule has 0 radical (unpaired) electrons. The van der Waals surface area contributed by atoms with Crippen LogP contribution in [0.2, 0.25) is 0 Å². The third kappa shape index (κ3) is 4.73. The molecule has 0 aliphatic carbocycles. The number of carbonyl (C=O) groups excluding carboxylic acids is 2. The van der Waals surface area contributed by atoms with Gasteiger partial charge in [0.05, 0.1) is 4.92 Å². The number of benzene rings is 2. The molecule has 0 saturated heterocycles. The summed E-state index contributed by atoms with van der Waals surface area (Å²) in [7, 11) is 0. The second-order valence-corrected chi connectivity index (χ2v) is 6.04. The van der Waals surface area contributed by atoms with E-state index in [4.69, 9.17) is 9.15 Å². The predicted octanol–water partition coefficient (Wildman–Crippen LogP) is 3.96. The number of nitrogens with zero attached hydrogens (tertiary/aromatic N) is 1. The molecule has 0 bridgehead atoms. The van der Waals surface area contributed by atoms with Crippen LogP contribution in [-0.2, 0) is 9.53 Å². The van der Waals surface area contributed by atoms with Gasteiger partial charge >= 0.3 is 5.97 Å². The van der Waals surface area contributed by atoms with Crippen LogP contribution >= 0.6 is 0 Å². The first kappa shape index (κ1) is 19.1. The van der Waals surface area contributed by atoms with Crippen LogP contribution in [-0.4, -0.2) is 29.8 Å². The maximum atomic E-state index is 12.1. The van der Waals surface area contributed by atoms with Crippen molar-refractivity contribution < 1.29 is 23.7 Å². The lowest BCUT2D eigenvalue weighted by Gasteiger charge is -2.07. The largest absolute Gasteiger partial charge is 0.457 e. The molecule has 8 nitrogen and oxygen atoms in total. The van der Waals surface area contributed by atoms with E-state index in [9.17, 15) is 19.7 Å². The number of carbonyl (C=O) groups is 2. The Morgan fingerprint density at radius 1 is 1.11 bits per heavy atom. The van der Waals surface area contributed by atoms with Crippen LogP contribution in [0.4, 0.5) is 11.4 Å². The summed E-state index contributed by atoms with van der Waals surface area (Å²) in [5.41, 5.74) is 0.959. The molecule has 28 heavy (non-hydrogen) atoms. The molecule has 2 aromatic carbocycles. The number of Topliss-reactive ketones (excluding diaryl/α,β-unsaturated/α-hetero) is 1. The molecule has 0 saturated carbocycles. The number of nitro groups is 1. The maximum Gasteiger partial charge on any atom is 0.306 e. The summed E-state index contributed by atoms with van der Waals surface area (Å²) in [4.78, 5) is 34.3. The summed E-state index contributed by atoms with van der Waals surface area (Å²) >= 11 is 0. The quantitative estimate of drug-likeness (QED) is 0.196. The fourth-order valence-corrected chi connectivity index (χ4v) is 2.65. The summed E-state index contributed by atoms with van der Waals surface area (Å²) in [5, 5.41) is 14.7. The van der Waals surface area contributed by atoms with E-state index in [2.05, 4.69) is 5.32 Å². The highest BCUT2D eigenvalue weighted by molar-refractivity contribution is 5.99. The fraction of sp³-hybridized carbons (Fsp3) is 0.200. The maximum absolute atomic E-state index is 12.1. The van der Waals surface area contributed by atoms with Crippen molar-refractivity contribution in [2.45, 2.75) is 12.8 Å². The molecule has 0 atom stereocenters. The number of nitro benzene ring substituents is 1. The van der Waals surface area contributed by atoms with Crippen molar-refractivity contribution in [3.05, 3.63) is 70.5 Å². The third-order valence-electron chi connectivity index (χ3n) is 4.04. The van der Waals surface area contributed by atoms with E-state index in [0.29, 0.717) is 24.2 Å². The Kier molecular flexibility index (Phi) is 6.01. The van der Waals surface area contributed by atoms with Gasteiger partial charge in [-0.15, -0.1) is 0 Å². The highest BCUT2D eigenvalue weighted by Gasteiger charge is 2.15. The minimum Gasteiger partial charge on any atom is -0.457 e. The first-order valence-electron chi connectivity index (χ1n) is 8.69.